The van der Waals surface area contributed by atoms with Crippen molar-refractivity contribution in [2.24, 2.45) is 0 Å². The van der Waals surface area contributed by atoms with Crippen LogP contribution in [0.1, 0.15) is 21.5 Å². The fourth-order valence-corrected chi connectivity index (χ4v) is 3.44. The van der Waals surface area contributed by atoms with Crippen molar-refractivity contribution in [1.82, 2.24) is 20.0 Å². The Morgan fingerprint density at radius 2 is 1.97 bits per heavy atom. The minimum atomic E-state index is -0.947. The van der Waals surface area contributed by atoms with Crippen molar-refractivity contribution in [3.8, 4) is 11.3 Å². The summed E-state index contributed by atoms with van der Waals surface area (Å²) in [6.07, 6.45) is 4.21. The number of nitrogens with one attached hydrogen (secondary N) is 1. The summed E-state index contributed by atoms with van der Waals surface area (Å²) >= 11 is 0. The monoisotopic (exact) mass is 383 g/mol. The number of nitrogens with zero attached hydrogens (tertiary/aromatic N) is 4. The summed E-state index contributed by atoms with van der Waals surface area (Å²) in [4.78, 5) is 15.8. The Morgan fingerprint density at radius 1 is 1.10 bits per heavy atom. The molecular formula is C22H17N5O2. The van der Waals surface area contributed by atoms with Gasteiger partial charge >= 0.3 is 5.97 Å². The van der Waals surface area contributed by atoms with Crippen molar-refractivity contribution in [2.75, 3.05) is 11.9 Å². The first-order chi connectivity index (χ1) is 14.2. The molecule has 0 aliphatic carbocycles. The number of rotatable bonds is 4. The molecule has 0 saturated carbocycles. The van der Waals surface area contributed by atoms with Gasteiger partial charge in [0, 0.05) is 17.8 Å². The van der Waals surface area contributed by atoms with Crippen LogP contribution >= 0.6 is 0 Å². The van der Waals surface area contributed by atoms with Crippen molar-refractivity contribution in [3.05, 3.63) is 77.4 Å². The van der Waals surface area contributed by atoms with Gasteiger partial charge in [0.15, 0.2) is 5.65 Å². The molecule has 29 heavy (non-hydrogen) atoms. The molecule has 2 aromatic heterocycles. The van der Waals surface area contributed by atoms with Gasteiger partial charge in [-0.25, -0.2) is 14.5 Å². The van der Waals surface area contributed by atoms with Crippen molar-refractivity contribution in [2.45, 2.75) is 6.54 Å². The summed E-state index contributed by atoms with van der Waals surface area (Å²) in [6, 6.07) is 16.7. The Hall–Kier alpha value is -4.00. The highest BCUT2D eigenvalue weighted by Crippen LogP contribution is 2.24. The van der Waals surface area contributed by atoms with E-state index in [4.69, 9.17) is 10.1 Å². The van der Waals surface area contributed by atoms with E-state index in [0.717, 1.165) is 40.1 Å². The molecule has 2 N–H and O–H groups in total. The largest absolute Gasteiger partial charge is 0.478 e. The molecule has 0 saturated heterocycles. The van der Waals surface area contributed by atoms with Crippen LogP contribution in [0.3, 0.4) is 0 Å². The molecule has 4 aromatic rings. The van der Waals surface area contributed by atoms with Gasteiger partial charge in [-0.15, -0.1) is 5.10 Å². The lowest BCUT2D eigenvalue weighted by Crippen LogP contribution is -2.07. The number of hydrogen-bond acceptors (Lipinski definition) is 5. The van der Waals surface area contributed by atoms with Crippen LogP contribution in [0.4, 0.5) is 5.69 Å². The predicted molar refractivity (Wildman–Crippen MR) is 111 cm³/mol. The number of aromatic carboxylic acids is 1. The lowest BCUT2D eigenvalue weighted by atomic mass is 10.1. The molecular weight excluding hydrogens is 366 g/mol. The van der Waals surface area contributed by atoms with Crippen molar-refractivity contribution in [3.63, 3.8) is 0 Å². The van der Waals surface area contributed by atoms with Crippen LogP contribution in [-0.2, 0) is 6.54 Å². The van der Waals surface area contributed by atoms with Gasteiger partial charge in [0.2, 0.25) is 0 Å². The second-order valence-electron chi connectivity index (χ2n) is 6.87. The van der Waals surface area contributed by atoms with E-state index >= 15 is 0 Å². The van der Waals surface area contributed by atoms with E-state index in [1.165, 1.54) is 0 Å². The van der Waals surface area contributed by atoms with E-state index in [-0.39, 0.29) is 5.56 Å². The Kier molecular flexibility index (Phi) is 4.05. The maximum Gasteiger partial charge on any atom is 0.335 e. The van der Waals surface area contributed by atoms with Gasteiger partial charge in [0.05, 0.1) is 17.8 Å². The predicted octanol–water partition coefficient (Wildman–Crippen LogP) is 3.68. The molecule has 7 heteroatoms. The Bertz CT molecular complexity index is 1260. The van der Waals surface area contributed by atoms with Gasteiger partial charge in [-0.2, -0.15) is 0 Å². The average Bonchev–Trinajstić information content (AvgIpc) is 3.15. The SMILES string of the molecule is O=C(O)c1ccc(-c2ccc3nnn(Cc4ccc5c(c4)C=CCN5)c3n2)cc1. The van der Waals surface area contributed by atoms with Crippen LogP contribution in [0, 0.1) is 0 Å². The topological polar surface area (TPSA) is 92.9 Å². The van der Waals surface area contributed by atoms with Gasteiger partial charge in [0.1, 0.15) is 5.52 Å². The highest BCUT2D eigenvalue weighted by molar-refractivity contribution is 5.88. The number of benzene rings is 2. The molecule has 0 bridgehead atoms. The Balaban J connectivity index is 1.48. The highest BCUT2D eigenvalue weighted by atomic mass is 16.4. The quantitative estimate of drug-likeness (QED) is 0.558. The van der Waals surface area contributed by atoms with Gasteiger partial charge in [-0.05, 0) is 47.5 Å². The number of pyridine rings is 1. The molecule has 0 spiro atoms. The first-order valence-electron chi connectivity index (χ1n) is 9.25. The van der Waals surface area contributed by atoms with Crippen LogP contribution in [-0.4, -0.2) is 37.6 Å². The molecule has 7 nitrogen and oxygen atoms in total. The Labute approximate surface area is 166 Å². The normalized spacial score (nSPS) is 12.6. The van der Waals surface area contributed by atoms with Crippen LogP contribution in [0.5, 0.6) is 0 Å². The van der Waals surface area contributed by atoms with Crippen molar-refractivity contribution in [1.29, 1.82) is 0 Å². The molecule has 0 atom stereocenters. The minimum absolute atomic E-state index is 0.248. The molecule has 142 valence electrons. The number of carboxylic acids is 1. The summed E-state index contributed by atoms with van der Waals surface area (Å²) in [5.74, 6) is -0.947. The fraction of sp³-hybridized carbons (Fsp3) is 0.0909. The number of hydrogen-bond donors (Lipinski definition) is 2. The number of aromatic nitrogens is 4. The average molecular weight is 383 g/mol. The molecule has 1 aliphatic heterocycles. The van der Waals surface area contributed by atoms with Gasteiger partial charge in [-0.3, -0.25) is 0 Å². The van der Waals surface area contributed by atoms with Gasteiger partial charge in [-0.1, -0.05) is 35.6 Å². The van der Waals surface area contributed by atoms with E-state index in [0.29, 0.717) is 12.2 Å². The second kappa shape index (κ2) is 6.87. The molecule has 0 fully saturated rings. The minimum Gasteiger partial charge on any atom is -0.478 e. The van der Waals surface area contributed by atoms with E-state index in [1.807, 2.05) is 12.1 Å². The highest BCUT2D eigenvalue weighted by Gasteiger charge is 2.11. The van der Waals surface area contributed by atoms with E-state index < -0.39 is 5.97 Å². The van der Waals surface area contributed by atoms with Crippen LogP contribution < -0.4 is 5.32 Å². The first-order valence-corrected chi connectivity index (χ1v) is 9.25. The molecule has 3 heterocycles. The number of fused-ring (bicyclic) bond motifs is 2. The smallest absolute Gasteiger partial charge is 0.335 e. The van der Waals surface area contributed by atoms with Crippen LogP contribution in [0.2, 0.25) is 0 Å². The lowest BCUT2D eigenvalue weighted by Gasteiger charge is -2.14. The van der Waals surface area contributed by atoms with Crippen molar-refractivity contribution < 1.29 is 9.90 Å². The van der Waals surface area contributed by atoms with Gasteiger partial charge in [0.25, 0.3) is 0 Å². The summed E-state index contributed by atoms with van der Waals surface area (Å²) in [5.41, 5.74) is 6.64. The first kappa shape index (κ1) is 17.1. The van der Waals surface area contributed by atoms with E-state index in [9.17, 15) is 4.79 Å². The molecule has 5 rings (SSSR count). The van der Waals surface area contributed by atoms with E-state index in [2.05, 4.69) is 46.0 Å². The zero-order chi connectivity index (χ0) is 19.8. The zero-order valence-electron chi connectivity index (χ0n) is 15.4. The third-order valence-electron chi connectivity index (χ3n) is 4.94. The number of carboxylic acid groups (broad SMARTS) is 1. The summed E-state index contributed by atoms with van der Waals surface area (Å²) in [7, 11) is 0. The summed E-state index contributed by atoms with van der Waals surface area (Å²) in [5, 5.41) is 20.9. The second-order valence-corrected chi connectivity index (χ2v) is 6.87. The standard InChI is InChI=1S/C22H17N5O2/c28-22(29)16-6-4-15(5-7-16)19-9-10-20-21(24-19)27(26-25-20)13-14-3-8-18-17(12-14)2-1-11-23-18/h1-10,12,23H,11,13H2,(H,28,29). The molecule has 2 aromatic carbocycles. The van der Waals surface area contributed by atoms with Gasteiger partial charge < -0.3 is 10.4 Å². The zero-order valence-corrected chi connectivity index (χ0v) is 15.4. The third kappa shape index (κ3) is 3.23. The summed E-state index contributed by atoms with van der Waals surface area (Å²) < 4.78 is 1.78. The van der Waals surface area contributed by atoms with Crippen molar-refractivity contribution >= 4 is 28.9 Å². The van der Waals surface area contributed by atoms with E-state index in [1.54, 1.807) is 28.9 Å². The maximum atomic E-state index is 11.1. The molecule has 1 aliphatic rings. The van der Waals surface area contributed by atoms with Crippen LogP contribution in [0.15, 0.2) is 60.7 Å². The summed E-state index contributed by atoms with van der Waals surface area (Å²) in [6.45, 7) is 1.41. The maximum absolute atomic E-state index is 11.1. The fourth-order valence-electron chi connectivity index (χ4n) is 3.44. The molecule has 0 unspecified atom stereocenters. The number of anilines is 1. The Morgan fingerprint density at radius 3 is 2.79 bits per heavy atom. The lowest BCUT2D eigenvalue weighted by molar-refractivity contribution is 0.0697. The molecule has 0 amide bonds. The third-order valence-corrected chi connectivity index (χ3v) is 4.94. The number of carbonyl (C=O) groups is 1. The molecule has 0 radical (unpaired) electrons. The van der Waals surface area contributed by atoms with Crippen LogP contribution in [0.25, 0.3) is 28.5 Å².